The molecule has 3 aromatic heterocycles. The highest BCUT2D eigenvalue weighted by Crippen LogP contribution is 2.29. The van der Waals surface area contributed by atoms with Gasteiger partial charge >= 0.3 is 0 Å². The SMILES string of the molecule is c1nc2c(-c3ccsc3)nc(Nc3ccc(C4CCCNC4)cc3)nc2[nH]1. The molecule has 0 saturated carbocycles. The number of nitrogens with one attached hydrogen (secondary N) is 3. The van der Waals surface area contributed by atoms with Crippen molar-refractivity contribution in [3.05, 3.63) is 53.0 Å². The molecule has 0 amide bonds. The van der Waals surface area contributed by atoms with Gasteiger partial charge in [-0.3, -0.25) is 0 Å². The number of benzene rings is 1. The Morgan fingerprint density at radius 3 is 2.81 bits per heavy atom. The Labute approximate surface area is 161 Å². The quantitative estimate of drug-likeness (QED) is 0.495. The summed E-state index contributed by atoms with van der Waals surface area (Å²) in [5.41, 5.74) is 5.80. The molecule has 3 N–H and O–H groups in total. The Morgan fingerprint density at radius 2 is 2.04 bits per heavy atom. The van der Waals surface area contributed by atoms with E-state index in [4.69, 9.17) is 4.98 Å². The van der Waals surface area contributed by atoms with Crippen molar-refractivity contribution in [2.45, 2.75) is 18.8 Å². The Hall–Kier alpha value is -2.77. The normalized spacial score (nSPS) is 17.3. The van der Waals surface area contributed by atoms with Crippen molar-refractivity contribution in [3.63, 3.8) is 0 Å². The Balaban J connectivity index is 1.43. The molecule has 1 aromatic carbocycles. The van der Waals surface area contributed by atoms with Gasteiger partial charge in [-0.15, -0.1) is 0 Å². The van der Waals surface area contributed by atoms with Crippen LogP contribution in [0.1, 0.15) is 24.3 Å². The third-order valence-electron chi connectivity index (χ3n) is 5.01. The van der Waals surface area contributed by atoms with Crippen LogP contribution < -0.4 is 10.6 Å². The third kappa shape index (κ3) is 3.31. The van der Waals surface area contributed by atoms with Crippen molar-refractivity contribution in [1.29, 1.82) is 0 Å². The molecule has 4 heterocycles. The summed E-state index contributed by atoms with van der Waals surface area (Å²) in [5, 5.41) is 10.9. The number of nitrogens with zero attached hydrogens (tertiary/aromatic N) is 3. The minimum Gasteiger partial charge on any atom is -0.329 e. The summed E-state index contributed by atoms with van der Waals surface area (Å²) >= 11 is 1.65. The lowest BCUT2D eigenvalue weighted by molar-refractivity contribution is 0.461. The molecule has 4 aromatic rings. The summed E-state index contributed by atoms with van der Waals surface area (Å²) in [4.78, 5) is 16.8. The van der Waals surface area contributed by atoms with Crippen LogP contribution in [0, 0.1) is 0 Å². The van der Waals surface area contributed by atoms with Crippen molar-refractivity contribution in [3.8, 4) is 11.3 Å². The molecule has 7 heteroatoms. The molecule has 5 rings (SSSR count). The maximum atomic E-state index is 4.72. The van der Waals surface area contributed by atoms with Gasteiger partial charge in [0.25, 0.3) is 0 Å². The number of piperidine rings is 1. The number of imidazole rings is 1. The fourth-order valence-electron chi connectivity index (χ4n) is 3.60. The second-order valence-electron chi connectivity index (χ2n) is 6.80. The van der Waals surface area contributed by atoms with Gasteiger partial charge in [-0.05, 0) is 54.4 Å². The molecule has 0 bridgehead atoms. The number of hydrogen-bond acceptors (Lipinski definition) is 6. The van der Waals surface area contributed by atoms with Crippen molar-refractivity contribution < 1.29 is 0 Å². The maximum Gasteiger partial charge on any atom is 0.229 e. The zero-order valence-electron chi connectivity index (χ0n) is 14.8. The second-order valence-corrected chi connectivity index (χ2v) is 7.58. The minimum atomic E-state index is 0.569. The lowest BCUT2D eigenvalue weighted by Crippen LogP contribution is -2.28. The van der Waals surface area contributed by atoms with Crippen LogP contribution in [0.3, 0.4) is 0 Å². The molecule has 1 saturated heterocycles. The number of anilines is 2. The Bertz CT molecular complexity index is 1030. The molecule has 1 atom stereocenters. The maximum absolute atomic E-state index is 4.72. The van der Waals surface area contributed by atoms with Gasteiger partial charge in [0.2, 0.25) is 5.95 Å². The first-order chi connectivity index (χ1) is 13.4. The molecular weight excluding hydrogens is 356 g/mol. The van der Waals surface area contributed by atoms with Crippen LogP contribution in [0.15, 0.2) is 47.4 Å². The fraction of sp³-hybridized carbons (Fsp3) is 0.250. The average molecular weight is 376 g/mol. The van der Waals surface area contributed by atoms with Crippen LogP contribution in [0.4, 0.5) is 11.6 Å². The highest BCUT2D eigenvalue weighted by atomic mass is 32.1. The van der Waals surface area contributed by atoms with Gasteiger partial charge in [-0.25, -0.2) is 9.97 Å². The number of aromatic nitrogens is 4. The van der Waals surface area contributed by atoms with Crippen molar-refractivity contribution in [1.82, 2.24) is 25.3 Å². The highest BCUT2D eigenvalue weighted by Gasteiger charge is 2.15. The van der Waals surface area contributed by atoms with Crippen molar-refractivity contribution >= 4 is 34.1 Å². The Morgan fingerprint density at radius 1 is 1.11 bits per heavy atom. The third-order valence-corrected chi connectivity index (χ3v) is 5.69. The van der Waals surface area contributed by atoms with Crippen LogP contribution in [-0.2, 0) is 0 Å². The molecule has 0 spiro atoms. The fourth-order valence-corrected chi connectivity index (χ4v) is 4.24. The molecule has 136 valence electrons. The zero-order chi connectivity index (χ0) is 18.1. The number of H-pyrrole nitrogens is 1. The number of fused-ring (bicyclic) bond motifs is 1. The van der Waals surface area contributed by atoms with Gasteiger partial charge in [0.15, 0.2) is 5.65 Å². The number of thiophene rings is 1. The smallest absolute Gasteiger partial charge is 0.229 e. The number of aromatic amines is 1. The van der Waals surface area contributed by atoms with Gasteiger partial charge < -0.3 is 15.6 Å². The monoisotopic (exact) mass is 376 g/mol. The van der Waals surface area contributed by atoms with Crippen LogP contribution in [0.25, 0.3) is 22.4 Å². The average Bonchev–Trinajstić information content (AvgIpc) is 3.41. The van der Waals surface area contributed by atoms with Crippen molar-refractivity contribution in [2.75, 3.05) is 18.4 Å². The summed E-state index contributed by atoms with van der Waals surface area (Å²) in [5.74, 6) is 1.18. The minimum absolute atomic E-state index is 0.569. The topological polar surface area (TPSA) is 78.5 Å². The lowest BCUT2D eigenvalue weighted by Gasteiger charge is -2.23. The van der Waals surface area contributed by atoms with E-state index in [-0.39, 0.29) is 0 Å². The van der Waals surface area contributed by atoms with E-state index in [1.54, 1.807) is 17.7 Å². The van der Waals surface area contributed by atoms with Crippen LogP contribution >= 0.6 is 11.3 Å². The molecule has 27 heavy (non-hydrogen) atoms. The number of rotatable bonds is 4. The predicted octanol–water partition coefficient (Wildman–Crippen LogP) is 4.29. The largest absolute Gasteiger partial charge is 0.329 e. The standard InChI is InChI=1S/C20H20N6S/c1-2-14(10-21-8-1)13-3-5-16(6-4-13)24-20-25-17(15-7-9-27-11-15)18-19(26-20)23-12-22-18/h3-7,9,11-12,14,21H,1-2,8,10H2,(H2,22,23,24,25,26). The molecular formula is C20H20N6S. The van der Waals surface area contributed by atoms with E-state index in [1.807, 2.05) is 5.38 Å². The second kappa shape index (κ2) is 7.09. The highest BCUT2D eigenvalue weighted by molar-refractivity contribution is 7.08. The van der Waals surface area contributed by atoms with Crippen LogP contribution in [-0.4, -0.2) is 33.0 Å². The van der Waals surface area contributed by atoms with Gasteiger partial charge in [-0.2, -0.15) is 16.3 Å². The molecule has 0 aliphatic carbocycles. The predicted molar refractivity (Wildman–Crippen MR) is 110 cm³/mol. The van der Waals surface area contributed by atoms with E-state index in [0.29, 0.717) is 11.9 Å². The van der Waals surface area contributed by atoms with E-state index in [1.165, 1.54) is 18.4 Å². The van der Waals surface area contributed by atoms with Gasteiger partial charge in [-0.1, -0.05) is 12.1 Å². The molecule has 1 fully saturated rings. The summed E-state index contributed by atoms with van der Waals surface area (Å²) in [7, 11) is 0. The summed E-state index contributed by atoms with van der Waals surface area (Å²) in [6, 6.07) is 10.7. The molecule has 1 unspecified atom stereocenters. The van der Waals surface area contributed by atoms with E-state index in [0.717, 1.165) is 41.2 Å². The first kappa shape index (κ1) is 16.4. The molecule has 6 nitrogen and oxygen atoms in total. The van der Waals surface area contributed by atoms with Gasteiger partial charge in [0, 0.05) is 23.2 Å². The van der Waals surface area contributed by atoms with E-state index in [9.17, 15) is 0 Å². The molecule has 1 aliphatic rings. The van der Waals surface area contributed by atoms with Gasteiger partial charge in [0.1, 0.15) is 11.2 Å². The number of hydrogen-bond donors (Lipinski definition) is 3. The van der Waals surface area contributed by atoms with Gasteiger partial charge in [0.05, 0.1) is 6.33 Å². The Kier molecular flexibility index (Phi) is 4.31. The summed E-state index contributed by atoms with van der Waals surface area (Å²) in [6.07, 6.45) is 4.16. The first-order valence-corrected chi connectivity index (χ1v) is 10.1. The molecule has 0 radical (unpaired) electrons. The van der Waals surface area contributed by atoms with Crippen LogP contribution in [0.5, 0.6) is 0 Å². The van der Waals surface area contributed by atoms with Crippen LogP contribution in [0.2, 0.25) is 0 Å². The van der Waals surface area contributed by atoms with E-state index < -0.39 is 0 Å². The molecule has 1 aliphatic heterocycles. The lowest BCUT2D eigenvalue weighted by atomic mass is 9.92. The summed E-state index contributed by atoms with van der Waals surface area (Å²) in [6.45, 7) is 2.20. The first-order valence-electron chi connectivity index (χ1n) is 9.18. The van der Waals surface area contributed by atoms with E-state index in [2.05, 4.69) is 61.3 Å². The summed E-state index contributed by atoms with van der Waals surface area (Å²) < 4.78 is 0. The van der Waals surface area contributed by atoms with Crippen molar-refractivity contribution in [2.24, 2.45) is 0 Å². The van der Waals surface area contributed by atoms with E-state index >= 15 is 0 Å². The zero-order valence-corrected chi connectivity index (χ0v) is 15.6.